The Hall–Kier alpha value is -13.7. The fourth-order valence-electron chi connectivity index (χ4n) is 21.4. The van der Waals surface area contributed by atoms with Gasteiger partial charge in [0, 0.05) is 197 Å². The van der Waals surface area contributed by atoms with Crippen molar-refractivity contribution in [3.05, 3.63) is 228 Å². The van der Waals surface area contributed by atoms with Crippen LogP contribution in [0.2, 0.25) is 0 Å². The minimum Gasteiger partial charge on any atom is -0.481 e. The normalized spacial score (nSPS) is 19.5. The fourth-order valence-corrected chi connectivity index (χ4v) is 24.3. The Morgan fingerprint density at radius 3 is 0.863 bits per heavy atom. The van der Waals surface area contributed by atoms with Gasteiger partial charge in [-0.1, -0.05) is 54.6 Å². The van der Waals surface area contributed by atoms with E-state index in [1.54, 1.807) is 47.4 Å². The van der Waals surface area contributed by atoms with Crippen LogP contribution in [0.25, 0.3) is 117 Å². The van der Waals surface area contributed by atoms with E-state index in [2.05, 4.69) is 156 Å². The number of carboxylic acids is 4. The number of piperidine rings is 1. The summed E-state index contributed by atoms with van der Waals surface area (Å²) in [5.41, 5.74) is 52.7. The number of para-hydroxylation sites is 3. The van der Waals surface area contributed by atoms with Crippen molar-refractivity contribution in [1.29, 1.82) is 5.26 Å². The van der Waals surface area contributed by atoms with Crippen molar-refractivity contribution in [2.45, 2.75) is 183 Å². The van der Waals surface area contributed by atoms with Crippen LogP contribution >= 0.6 is 79.6 Å². The average Bonchev–Trinajstić information content (AvgIpc) is 1.64. The highest BCUT2D eigenvalue weighted by Gasteiger charge is 2.36. The van der Waals surface area contributed by atoms with Gasteiger partial charge in [-0.15, -0.1) is 0 Å². The molecule has 3 aromatic carbocycles. The van der Waals surface area contributed by atoms with Crippen LogP contribution < -0.4 is 34.0 Å². The van der Waals surface area contributed by atoms with E-state index >= 15 is 0 Å². The lowest BCUT2D eigenvalue weighted by Gasteiger charge is -2.29. The van der Waals surface area contributed by atoms with Crippen LogP contribution in [0, 0.1) is 35.0 Å². The number of anilines is 5. The Kier molecular flexibility index (Phi) is 30.4. The van der Waals surface area contributed by atoms with E-state index in [1.165, 1.54) is 0 Å². The first-order valence-corrected chi connectivity index (χ1v) is 52.9. The Labute approximate surface area is 880 Å². The molecule has 1 saturated heterocycles. The van der Waals surface area contributed by atoms with E-state index in [0.29, 0.717) is 65.2 Å². The summed E-state index contributed by atoms with van der Waals surface area (Å²) in [5, 5.41) is 73.9. The highest BCUT2D eigenvalue weighted by Crippen LogP contribution is 2.49. The third kappa shape index (κ3) is 21.5. The molecule has 5 fully saturated rings. The number of halogens is 5. The maximum Gasteiger partial charge on any atom is 0.304 e. The summed E-state index contributed by atoms with van der Waals surface area (Å²) in [5.74, 6) is 2.22. The first kappa shape index (κ1) is 101. The third-order valence-corrected chi connectivity index (χ3v) is 33.3. The first-order valence-electron chi connectivity index (χ1n) is 49.0. The molecule has 16 heterocycles. The summed E-state index contributed by atoms with van der Waals surface area (Å²) < 4.78 is 16.2. The number of carboxylic acid groups (broad SMARTS) is 4. The number of hydrogen-bond acceptors (Lipinski definition) is 24. The monoisotopic (exact) mass is 2280 g/mol. The molecule has 2 atom stereocenters. The summed E-state index contributed by atoms with van der Waals surface area (Å²) >= 11 is 18.1. The first-order chi connectivity index (χ1) is 70.5. The van der Waals surface area contributed by atoms with Crippen molar-refractivity contribution in [1.82, 2.24) is 102 Å². The molecule has 0 amide bonds. The molecule has 5 aliphatic rings. The molecule has 0 spiro atoms. The summed E-state index contributed by atoms with van der Waals surface area (Å²) in [7, 11) is 3.95. The molecule has 146 heavy (non-hydrogen) atoms. The number of nitrogens with one attached hydrogen (secondary N) is 1. The van der Waals surface area contributed by atoms with Crippen LogP contribution in [-0.4, -0.2) is 154 Å². The van der Waals surface area contributed by atoms with E-state index in [0.717, 1.165) is 272 Å². The number of aromatic nitrogens is 20. The molecular weight excluding hydrogens is 2180 g/mol. The van der Waals surface area contributed by atoms with E-state index in [1.807, 2.05) is 152 Å². The highest BCUT2D eigenvalue weighted by atomic mass is 79.9. The smallest absolute Gasteiger partial charge is 0.304 e. The van der Waals surface area contributed by atoms with Crippen LogP contribution in [0.1, 0.15) is 206 Å². The Bertz CT molecular complexity index is 7660. The molecule has 40 heteroatoms. The van der Waals surface area contributed by atoms with Gasteiger partial charge in [-0.2, -0.15) is 53.3 Å². The molecule has 4 saturated carbocycles. The van der Waals surface area contributed by atoms with Gasteiger partial charge in [-0.05, 0) is 267 Å². The van der Waals surface area contributed by atoms with Gasteiger partial charge in [-0.25, -0.2) is 24.9 Å². The molecule has 15 N–H and O–H groups in total. The van der Waals surface area contributed by atoms with Crippen molar-refractivity contribution in [2.75, 3.05) is 35.2 Å². The number of aryl methyl sites for hydroxylation is 2. The predicted molar refractivity (Wildman–Crippen MR) is 578 cm³/mol. The Morgan fingerprint density at radius 2 is 0.610 bits per heavy atom. The summed E-state index contributed by atoms with van der Waals surface area (Å²) in [6.45, 7) is 0.675. The number of benzene rings is 3. The molecule has 0 bridgehead atoms. The lowest BCUT2D eigenvalue weighted by Crippen LogP contribution is -2.39. The molecule has 15 aromatic heterocycles. The molecule has 4 aliphatic carbocycles. The van der Waals surface area contributed by atoms with Gasteiger partial charge < -0.3 is 63.5 Å². The number of nitrogens with two attached hydrogens (primary N) is 5. The molecule has 23 rings (SSSR count). The van der Waals surface area contributed by atoms with E-state index in [4.69, 9.17) is 79.3 Å². The number of pyridine rings is 3. The zero-order valence-electron chi connectivity index (χ0n) is 80.1. The molecule has 0 unspecified atom stereocenters. The molecular formula is C106H108Br5N27O8. The second-order valence-corrected chi connectivity index (χ2v) is 42.8. The van der Waals surface area contributed by atoms with E-state index in [9.17, 15) is 19.2 Å². The summed E-state index contributed by atoms with van der Waals surface area (Å²) in [6, 6.07) is 36.7. The summed E-state index contributed by atoms with van der Waals surface area (Å²) in [6.07, 6.45) is 40.7. The van der Waals surface area contributed by atoms with Crippen LogP contribution in [-0.2, 0) is 33.3 Å². The van der Waals surface area contributed by atoms with Gasteiger partial charge in [-0.3, -0.25) is 34.1 Å². The van der Waals surface area contributed by atoms with Crippen molar-refractivity contribution in [2.24, 2.45) is 37.8 Å². The SMILES string of the molecule is Cn1ccc(-c2cnn3c(N)c(Br)c(C4CCC(CC(=O)O)CC4)nc23)c1.Cn1ccc(-c2cnn3c(N)c(Br)c([C@H]4CC[C@@H](CC(=O)O)NC4)nc23)c1.N#CCC1CCC(c2nc3c(-c4cnc5ccccc5c4)cnn3c(N)c2Br)CC1.Nc1c(Br)c(C2CCC(CC(=O)O)CC2)nc2c(-c3cnc4ccccc4c3)cnn12.Nc1c(Br)c(C2CCC(CC(=O)O)CC2)nc2c(-c3cnc4ccccc4c3)cnn12. The second-order valence-electron chi connectivity index (χ2n) is 38.8. The number of nitriles is 1. The van der Waals surface area contributed by atoms with Crippen LogP contribution in [0.4, 0.5) is 29.1 Å². The minimum absolute atomic E-state index is 0.00782. The number of nitrogen functional groups attached to an aromatic ring is 5. The van der Waals surface area contributed by atoms with Gasteiger partial charge in [0.25, 0.3) is 0 Å². The standard InChI is InChI=1S/C23H21BrN6.2C23H22BrN5O2.C19H22BrN5O2.C18H21BrN6O2/c24-20-21(15-7-5-14(6-8-15)9-10-25)29-23-18(13-28-30(23)22(20)26)17-11-16-3-1-2-4-19(16)27-12-17;2*24-20-21(14-7-5-13(6-8-14)9-19(30)31)28-23-17(12-27-29(23)22(20)25)16-10-15-3-1-2-4-18(15)26-11-16;1-24-7-6-13(10-24)14-9-22-25-18(21)16(20)17(23-19(14)25)12-4-2-11(3-5-12)8-15(26)27;1-24-5-4-11(9-24)13-8-22-25-17(20)15(19)16(23-18(13)25)10-2-3-12(21-7-10)6-14(26)27/h1-4,11-15H,5-9,26H2;2*1-4,10-14H,5-9,25H2,(H,30,31);6-7,9-12H,2-5,8,21H2,1H3,(H,26,27);4-5,8-10,12,21H,2-3,6-7,20H2,1H3,(H,26,27)/t;;;;10-,12-/m....0/s1. The van der Waals surface area contributed by atoms with Crippen LogP contribution in [0.15, 0.2) is 200 Å². The highest BCUT2D eigenvalue weighted by molar-refractivity contribution is 9.11. The molecule has 35 nitrogen and oxygen atoms in total. The lowest BCUT2D eigenvalue weighted by atomic mass is 9.79. The molecule has 750 valence electrons. The number of nitrogens with zero attached hydrogens (tertiary/aromatic N) is 21. The summed E-state index contributed by atoms with van der Waals surface area (Å²) in [4.78, 5) is 82.5. The maximum absolute atomic E-state index is 11.0. The maximum atomic E-state index is 11.0. The quantitative estimate of drug-likeness (QED) is 0.0359. The minimum atomic E-state index is -0.775. The predicted octanol–water partition coefficient (Wildman–Crippen LogP) is 21.8. The van der Waals surface area contributed by atoms with E-state index in [-0.39, 0.29) is 73.2 Å². The van der Waals surface area contributed by atoms with Crippen molar-refractivity contribution in [3.8, 4) is 61.7 Å². The number of carbonyl (C=O) groups is 4. The van der Waals surface area contributed by atoms with Crippen molar-refractivity contribution < 1.29 is 39.6 Å². The number of fused-ring (bicyclic) bond motifs is 8. The number of aliphatic carboxylic acids is 4. The topological polar surface area (TPSA) is 515 Å². The molecule has 18 aromatic rings. The average molecular weight is 2290 g/mol. The number of hydrogen-bond donors (Lipinski definition) is 10. The van der Waals surface area contributed by atoms with Gasteiger partial charge in [0.15, 0.2) is 28.2 Å². The van der Waals surface area contributed by atoms with Crippen LogP contribution in [0.5, 0.6) is 0 Å². The van der Waals surface area contributed by atoms with E-state index < -0.39 is 23.9 Å². The fraction of sp³-hybridized carbons (Fsp3) is 0.340. The lowest BCUT2D eigenvalue weighted by molar-refractivity contribution is -0.139. The zero-order valence-corrected chi connectivity index (χ0v) is 88.0. The molecule has 0 radical (unpaired) electrons. The number of rotatable bonds is 19. The Balaban J connectivity index is 0.000000115. The van der Waals surface area contributed by atoms with Crippen molar-refractivity contribution >= 4 is 194 Å². The third-order valence-electron chi connectivity index (χ3n) is 29.3. The largest absolute Gasteiger partial charge is 0.481 e. The molecule has 1 aliphatic heterocycles. The second kappa shape index (κ2) is 43.9. The zero-order chi connectivity index (χ0) is 102. The van der Waals surface area contributed by atoms with Crippen LogP contribution in [0.3, 0.4) is 0 Å². The van der Waals surface area contributed by atoms with Gasteiger partial charge in [0.1, 0.15) is 29.1 Å². The van der Waals surface area contributed by atoms with Crippen molar-refractivity contribution in [3.63, 3.8) is 0 Å². The Morgan fingerprint density at radius 1 is 0.349 bits per heavy atom. The van der Waals surface area contributed by atoms with Gasteiger partial charge in [0.05, 0.1) is 111 Å². The van der Waals surface area contributed by atoms with Gasteiger partial charge >= 0.3 is 23.9 Å². The van der Waals surface area contributed by atoms with Gasteiger partial charge in [0.2, 0.25) is 0 Å².